The predicted octanol–water partition coefficient (Wildman–Crippen LogP) is 3.50. The number of aliphatic hydroxyl groups excluding tert-OH is 1. The molecule has 0 unspecified atom stereocenters. The summed E-state index contributed by atoms with van der Waals surface area (Å²) in [4.78, 5) is 65.4. The van der Waals surface area contributed by atoms with Crippen LogP contribution in [0.25, 0.3) is 32.7 Å². The lowest BCUT2D eigenvalue weighted by molar-refractivity contribution is -0.151. The maximum Gasteiger partial charge on any atom is 0.311 e. The van der Waals surface area contributed by atoms with Crippen molar-refractivity contribution < 1.29 is 29.4 Å². The number of nitrogens with one attached hydrogen (secondary N) is 3. The molecular weight excluding hydrogens is 709 g/mol. The van der Waals surface area contributed by atoms with Crippen LogP contribution >= 0.6 is 11.3 Å². The number of β-amino-alcohol motifs (C(OH)–C–C–N with tert-alkyl or cyclic N) is 1. The highest BCUT2D eigenvalue weighted by molar-refractivity contribution is 7.13. The average molecular weight is 751 g/mol. The number of H-pyrrole nitrogens is 1. The van der Waals surface area contributed by atoms with Crippen molar-refractivity contribution in [3.05, 3.63) is 83.1 Å². The molecule has 14 nitrogen and oxygen atoms in total. The molecule has 3 atom stereocenters. The third kappa shape index (κ3) is 7.41. The number of thiazole rings is 1. The molecular formula is C39H42N8O6S. The minimum Gasteiger partial charge on any atom is -0.507 e. The van der Waals surface area contributed by atoms with E-state index in [1.165, 1.54) is 9.80 Å². The Kier molecular flexibility index (Phi) is 9.94. The number of aryl methyl sites for hydroxylation is 1. The number of fused-ring (bicyclic) bond motifs is 1. The predicted molar refractivity (Wildman–Crippen MR) is 202 cm³/mol. The number of likely N-dealkylation sites (tertiary alicyclic amines) is 2. The van der Waals surface area contributed by atoms with Gasteiger partial charge in [-0.2, -0.15) is 0 Å². The molecule has 5 aromatic rings. The Hall–Kier alpha value is -5.67. The second-order valence-corrected chi connectivity index (χ2v) is 15.9. The molecule has 2 saturated heterocycles. The Morgan fingerprint density at radius 1 is 1.02 bits per heavy atom. The monoisotopic (exact) mass is 750 g/mol. The summed E-state index contributed by atoms with van der Waals surface area (Å²) in [6, 6.07) is 16.3. The van der Waals surface area contributed by atoms with Gasteiger partial charge >= 0.3 is 11.8 Å². The Bertz CT molecular complexity index is 2220. The largest absolute Gasteiger partial charge is 0.507 e. The highest BCUT2D eigenvalue weighted by atomic mass is 32.1. The molecule has 15 heteroatoms. The van der Waals surface area contributed by atoms with E-state index in [1.54, 1.807) is 61.9 Å². The van der Waals surface area contributed by atoms with Crippen molar-refractivity contribution in [3.8, 4) is 27.4 Å². The van der Waals surface area contributed by atoms with E-state index in [0.29, 0.717) is 16.9 Å². The molecule has 3 aromatic heterocycles. The van der Waals surface area contributed by atoms with Crippen molar-refractivity contribution in [2.75, 3.05) is 19.6 Å². The molecule has 0 spiro atoms. The van der Waals surface area contributed by atoms with Gasteiger partial charge in [0.15, 0.2) is 5.65 Å². The van der Waals surface area contributed by atoms with Crippen LogP contribution in [0, 0.1) is 12.3 Å². The van der Waals surface area contributed by atoms with Crippen molar-refractivity contribution in [3.63, 3.8) is 0 Å². The van der Waals surface area contributed by atoms with Crippen molar-refractivity contribution in [2.45, 2.75) is 64.8 Å². The van der Waals surface area contributed by atoms with Crippen LogP contribution in [-0.2, 0) is 25.7 Å². The summed E-state index contributed by atoms with van der Waals surface area (Å²) in [6.45, 7) is 7.96. The second-order valence-electron chi connectivity index (χ2n) is 15.0. The fourth-order valence-corrected chi connectivity index (χ4v) is 7.76. The first kappa shape index (κ1) is 36.7. The fourth-order valence-electron chi connectivity index (χ4n) is 6.95. The number of carbonyl (C=O) groups is 4. The third-order valence-corrected chi connectivity index (χ3v) is 11.0. The van der Waals surface area contributed by atoms with Gasteiger partial charge in [0.25, 0.3) is 0 Å². The maximum atomic E-state index is 14.0. The highest BCUT2D eigenvalue weighted by Gasteiger charge is 2.46. The van der Waals surface area contributed by atoms with Crippen LogP contribution < -0.4 is 10.6 Å². The maximum absolute atomic E-state index is 14.0. The molecule has 0 saturated carbocycles. The van der Waals surface area contributed by atoms with Crippen LogP contribution in [0.1, 0.15) is 50.1 Å². The van der Waals surface area contributed by atoms with E-state index < -0.39 is 47.2 Å². The summed E-state index contributed by atoms with van der Waals surface area (Å²) >= 11 is 1.56. The molecule has 0 bridgehead atoms. The van der Waals surface area contributed by atoms with Gasteiger partial charge in [0.05, 0.1) is 27.9 Å². The first-order valence-electron chi connectivity index (χ1n) is 17.8. The minimum atomic E-state index is -1.14. The zero-order valence-corrected chi connectivity index (χ0v) is 31.2. The van der Waals surface area contributed by atoms with Crippen molar-refractivity contribution >= 4 is 46.0 Å². The number of aliphatic hydroxyl groups is 1. The smallest absolute Gasteiger partial charge is 0.311 e. The van der Waals surface area contributed by atoms with Crippen LogP contribution in [-0.4, -0.2) is 102 Å². The van der Waals surface area contributed by atoms with Crippen molar-refractivity contribution in [1.29, 1.82) is 0 Å². The molecule has 2 fully saturated rings. The zero-order chi connectivity index (χ0) is 38.3. The van der Waals surface area contributed by atoms with Gasteiger partial charge in [-0.05, 0) is 47.7 Å². The van der Waals surface area contributed by atoms with Crippen LogP contribution in [0.3, 0.4) is 0 Å². The summed E-state index contributed by atoms with van der Waals surface area (Å²) in [5.41, 5.74) is 6.32. The standard InChI is InChI=1S/C39H42N8O6S/c1-21-32(54-20-41-21)23-11-9-22(10-12-23)16-40-35(50)30-15-26(48)19-47(30)37(52)33(39(2,3)4)43-36(51)38(53)46-17-25(18-46)28-13-24-14-29(44-45-34(24)42-28)27-7-5-6-8-31(27)49/h5-14,20,25-26,30,33,48-49H,15-19H2,1-4H3,(H,40,50)(H,42,45)(H,43,51)/t26-,30+,33-/m1/s1. The van der Waals surface area contributed by atoms with Crippen molar-refractivity contribution in [1.82, 2.24) is 40.6 Å². The summed E-state index contributed by atoms with van der Waals surface area (Å²) in [7, 11) is 0. The topological polar surface area (TPSA) is 194 Å². The van der Waals surface area contributed by atoms with Gasteiger partial charge in [0.2, 0.25) is 11.8 Å². The average Bonchev–Trinajstić information content (AvgIpc) is 3.86. The van der Waals surface area contributed by atoms with Crippen LogP contribution in [0.2, 0.25) is 0 Å². The molecule has 5 N–H and O–H groups in total. The quantitative estimate of drug-likeness (QED) is 0.148. The van der Waals surface area contributed by atoms with E-state index >= 15 is 0 Å². The van der Waals surface area contributed by atoms with Gasteiger partial charge in [0, 0.05) is 55.2 Å². The molecule has 4 amide bonds. The Balaban J connectivity index is 0.960. The number of aromatic nitrogens is 4. The van der Waals surface area contributed by atoms with Gasteiger partial charge in [0.1, 0.15) is 17.8 Å². The summed E-state index contributed by atoms with van der Waals surface area (Å²) < 4.78 is 0. The van der Waals surface area contributed by atoms with Gasteiger partial charge in [-0.3, -0.25) is 19.2 Å². The van der Waals surface area contributed by atoms with Gasteiger partial charge in [-0.25, -0.2) is 4.98 Å². The van der Waals surface area contributed by atoms with E-state index in [-0.39, 0.29) is 44.3 Å². The van der Waals surface area contributed by atoms with E-state index in [0.717, 1.165) is 32.8 Å². The second kappa shape index (κ2) is 14.6. The third-order valence-electron chi connectivity index (χ3n) is 10.1. The number of carbonyl (C=O) groups excluding carboxylic acids is 4. The number of aromatic hydroxyl groups is 1. The number of benzene rings is 2. The highest BCUT2D eigenvalue weighted by Crippen LogP contribution is 2.33. The van der Waals surface area contributed by atoms with E-state index in [9.17, 15) is 29.4 Å². The lowest BCUT2D eigenvalue weighted by Gasteiger charge is -2.39. The molecule has 280 valence electrons. The van der Waals surface area contributed by atoms with Crippen molar-refractivity contribution in [2.24, 2.45) is 5.41 Å². The molecule has 2 aromatic carbocycles. The summed E-state index contributed by atoms with van der Waals surface area (Å²) in [5.74, 6) is -2.62. The van der Waals surface area contributed by atoms with E-state index in [4.69, 9.17) is 0 Å². The van der Waals surface area contributed by atoms with E-state index in [2.05, 4.69) is 30.8 Å². The fraction of sp³-hybridized carbons (Fsp3) is 0.359. The van der Waals surface area contributed by atoms with Gasteiger partial charge < -0.3 is 35.6 Å². The van der Waals surface area contributed by atoms with Crippen LogP contribution in [0.5, 0.6) is 5.75 Å². The normalized spacial score (nSPS) is 18.0. The number of amides is 4. The zero-order valence-electron chi connectivity index (χ0n) is 30.4. The van der Waals surface area contributed by atoms with Gasteiger partial charge in [-0.1, -0.05) is 57.2 Å². The van der Waals surface area contributed by atoms with Crippen LogP contribution in [0.4, 0.5) is 0 Å². The first-order valence-corrected chi connectivity index (χ1v) is 18.6. The number of aromatic amines is 1. The SMILES string of the molecule is Cc1ncsc1-c1ccc(CNC(=O)[C@@H]2C[C@@H](O)CN2C(=O)[C@@H](NC(=O)C(=O)N2CC(c3cc4cc(-c5ccccc5O)nnc4[nH]3)C2)C(C)(C)C)cc1. The summed E-state index contributed by atoms with van der Waals surface area (Å²) in [6.07, 6.45) is -0.870. The number of nitrogens with zero attached hydrogens (tertiary/aromatic N) is 5. The Labute approximate surface area is 315 Å². The number of rotatable bonds is 8. The number of phenolic OH excluding ortho intramolecular Hbond substituents is 1. The Morgan fingerprint density at radius 3 is 2.44 bits per heavy atom. The van der Waals surface area contributed by atoms with E-state index in [1.807, 2.05) is 43.3 Å². The van der Waals surface area contributed by atoms with Crippen LogP contribution in [0.15, 0.2) is 66.2 Å². The summed E-state index contributed by atoms with van der Waals surface area (Å²) in [5, 5.41) is 35.6. The molecule has 54 heavy (non-hydrogen) atoms. The lowest BCUT2D eigenvalue weighted by atomic mass is 9.85. The molecule has 5 heterocycles. The first-order chi connectivity index (χ1) is 25.8. The Morgan fingerprint density at radius 2 is 1.76 bits per heavy atom. The number of hydrogen-bond acceptors (Lipinski definition) is 10. The molecule has 2 aliphatic rings. The number of hydrogen-bond donors (Lipinski definition) is 5. The molecule has 7 rings (SSSR count). The number of phenols is 1. The number of para-hydroxylation sites is 1. The molecule has 0 radical (unpaired) electrons. The van der Waals surface area contributed by atoms with Gasteiger partial charge in [-0.15, -0.1) is 21.5 Å². The minimum absolute atomic E-state index is 0.0510. The molecule has 2 aliphatic heterocycles. The molecule has 0 aliphatic carbocycles. The lowest BCUT2D eigenvalue weighted by Crippen LogP contribution is -2.61.